The lowest BCUT2D eigenvalue weighted by Crippen LogP contribution is -2.37. The van der Waals surface area contributed by atoms with E-state index < -0.39 is 6.03 Å². The number of ketones is 1. The van der Waals surface area contributed by atoms with Gasteiger partial charge in [0.25, 0.3) is 0 Å². The quantitative estimate of drug-likeness (QED) is 0.619. The van der Waals surface area contributed by atoms with Crippen molar-refractivity contribution >= 4 is 23.2 Å². The highest BCUT2D eigenvalue weighted by atomic mass is 16.7. The number of hydrogen-bond acceptors (Lipinski definition) is 5. The average molecular weight is 307 g/mol. The van der Waals surface area contributed by atoms with E-state index in [1.165, 1.54) is 14.2 Å². The number of oxime groups is 1. The third kappa shape index (κ3) is 4.56. The van der Waals surface area contributed by atoms with Crippen molar-refractivity contribution in [3.63, 3.8) is 0 Å². The van der Waals surface area contributed by atoms with Gasteiger partial charge in [-0.05, 0) is 13.0 Å². The molecule has 2 amide bonds. The van der Waals surface area contributed by atoms with Gasteiger partial charge in [0.15, 0.2) is 5.78 Å². The van der Waals surface area contributed by atoms with Crippen LogP contribution in [0.3, 0.4) is 0 Å². The average Bonchev–Trinajstić information content (AvgIpc) is 2.55. The third-order valence-electron chi connectivity index (χ3n) is 2.94. The number of urea groups is 1. The van der Waals surface area contributed by atoms with Gasteiger partial charge in [-0.15, -0.1) is 0 Å². The third-order valence-corrected chi connectivity index (χ3v) is 2.94. The first-order valence-corrected chi connectivity index (χ1v) is 6.88. The Bertz CT molecular complexity index is 557. The first-order valence-electron chi connectivity index (χ1n) is 6.88. The molecular weight excluding hydrogens is 286 g/mol. The highest BCUT2D eigenvalue weighted by Crippen LogP contribution is 2.21. The molecule has 0 fully saturated rings. The van der Waals surface area contributed by atoms with Crippen LogP contribution in [0.15, 0.2) is 29.4 Å². The van der Waals surface area contributed by atoms with Crippen LogP contribution in [-0.4, -0.2) is 31.7 Å². The summed E-state index contributed by atoms with van der Waals surface area (Å²) in [6.07, 6.45) is 0.378. The number of anilines is 1. The normalized spacial score (nSPS) is 11.0. The molecule has 120 valence electrons. The summed E-state index contributed by atoms with van der Waals surface area (Å²) in [5, 5.41) is 7.39. The van der Waals surface area contributed by atoms with Crippen LogP contribution in [0.2, 0.25) is 0 Å². The summed E-state index contributed by atoms with van der Waals surface area (Å²) in [7, 11) is 2.91. The van der Waals surface area contributed by atoms with Crippen LogP contribution in [0.25, 0.3) is 0 Å². The Hall–Kier alpha value is -2.41. The summed E-state index contributed by atoms with van der Waals surface area (Å²) in [4.78, 5) is 33.5. The van der Waals surface area contributed by atoms with Gasteiger partial charge in [-0.2, -0.15) is 5.06 Å². The molecule has 22 heavy (non-hydrogen) atoms. The maximum atomic E-state index is 11.8. The van der Waals surface area contributed by atoms with Crippen molar-refractivity contribution in [3.05, 3.63) is 29.8 Å². The predicted molar refractivity (Wildman–Crippen MR) is 83.6 cm³/mol. The van der Waals surface area contributed by atoms with Crippen molar-refractivity contribution < 1.29 is 19.3 Å². The molecule has 0 unspecified atom stereocenters. The lowest BCUT2D eigenvalue weighted by molar-refractivity contribution is -0.112. The van der Waals surface area contributed by atoms with Crippen LogP contribution >= 0.6 is 0 Å². The molecule has 0 bridgehead atoms. The Morgan fingerprint density at radius 1 is 1.32 bits per heavy atom. The first kappa shape index (κ1) is 17.6. The number of amides is 2. The lowest BCUT2D eigenvalue weighted by Gasteiger charge is -2.21. The molecule has 0 saturated carbocycles. The summed E-state index contributed by atoms with van der Waals surface area (Å²) < 4.78 is 0. The van der Waals surface area contributed by atoms with Gasteiger partial charge in [0, 0.05) is 19.0 Å². The topological polar surface area (TPSA) is 80.2 Å². The minimum atomic E-state index is -0.407. The summed E-state index contributed by atoms with van der Waals surface area (Å²) in [5.41, 5.74) is 1.56. The Balaban J connectivity index is 2.88. The van der Waals surface area contributed by atoms with Crippen LogP contribution in [0.1, 0.15) is 25.8 Å². The zero-order valence-corrected chi connectivity index (χ0v) is 13.3. The fourth-order valence-corrected chi connectivity index (χ4v) is 1.73. The second-order valence-electron chi connectivity index (χ2n) is 4.39. The van der Waals surface area contributed by atoms with Gasteiger partial charge in [0.2, 0.25) is 0 Å². The number of rotatable bonds is 7. The number of para-hydroxylation sites is 1. The monoisotopic (exact) mass is 307 g/mol. The number of hydroxylamine groups is 1. The molecule has 0 spiro atoms. The molecule has 0 heterocycles. The molecule has 0 radical (unpaired) electrons. The highest BCUT2D eigenvalue weighted by molar-refractivity contribution is 6.38. The maximum absolute atomic E-state index is 11.8. The molecule has 7 heteroatoms. The van der Waals surface area contributed by atoms with Crippen LogP contribution in [-0.2, 0) is 21.1 Å². The Labute approximate surface area is 129 Å². The first-order chi connectivity index (χ1) is 10.5. The summed E-state index contributed by atoms with van der Waals surface area (Å²) in [6, 6.07) is 6.70. The fourth-order valence-electron chi connectivity index (χ4n) is 1.73. The van der Waals surface area contributed by atoms with E-state index in [9.17, 15) is 9.59 Å². The number of nitrogens with one attached hydrogen (secondary N) is 1. The molecule has 1 aromatic rings. The van der Waals surface area contributed by atoms with Crippen LogP contribution < -0.4 is 10.4 Å². The molecule has 0 aliphatic carbocycles. The number of hydrogen-bond donors (Lipinski definition) is 1. The maximum Gasteiger partial charge on any atom is 0.345 e. The minimum Gasteiger partial charge on any atom is -0.391 e. The number of carbonyl (C=O) groups excluding carboxylic acids is 2. The minimum absolute atomic E-state index is 0.0721. The number of Topliss-reactive ketones (excluding diaryl/α,β-unsaturated/α-hetero) is 1. The van der Waals surface area contributed by atoms with Gasteiger partial charge in [0.1, 0.15) is 12.3 Å². The molecular formula is C15H21N3O4. The van der Waals surface area contributed by atoms with E-state index in [2.05, 4.69) is 10.5 Å². The summed E-state index contributed by atoms with van der Waals surface area (Å²) in [6.45, 7) is 3.47. The van der Waals surface area contributed by atoms with Gasteiger partial charge >= 0.3 is 6.03 Å². The largest absolute Gasteiger partial charge is 0.391 e. The van der Waals surface area contributed by atoms with Gasteiger partial charge in [-0.3, -0.25) is 9.63 Å². The molecule has 1 rings (SSSR count). The molecule has 7 nitrogen and oxygen atoms in total. The Morgan fingerprint density at radius 2 is 2.00 bits per heavy atom. The van der Waals surface area contributed by atoms with Crippen molar-refractivity contribution in [2.75, 3.05) is 19.2 Å². The van der Waals surface area contributed by atoms with Gasteiger partial charge in [-0.25, -0.2) is 4.79 Å². The fraction of sp³-hybridized carbons (Fsp3) is 0.400. The number of nitrogens with zero attached hydrogens (tertiary/aromatic N) is 2. The Morgan fingerprint density at radius 3 is 2.59 bits per heavy atom. The predicted octanol–water partition coefficient (Wildman–Crippen LogP) is 2.27. The standard InChI is InChI=1S/C15H21N3O4/c1-5-14(19)11(2)17-22-10-12-8-6-7-9-13(12)18(21-4)15(20)16-3/h6-9H,5,10H2,1-4H3,(H,16,20)/b17-11+. The van der Waals surface area contributed by atoms with Crippen molar-refractivity contribution in [3.8, 4) is 0 Å². The van der Waals surface area contributed by atoms with Gasteiger partial charge in [0.05, 0.1) is 12.8 Å². The molecule has 0 aliphatic heterocycles. The van der Waals surface area contributed by atoms with Gasteiger partial charge in [-0.1, -0.05) is 30.3 Å². The molecule has 1 aromatic carbocycles. The zero-order chi connectivity index (χ0) is 16.5. The molecule has 0 atom stereocenters. The van der Waals surface area contributed by atoms with Crippen molar-refractivity contribution in [2.45, 2.75) is 26.9 Å². The van der Waals surface area contributed by atoms with E-state index in [1.807, 2.05) is 6.07 Å². The summed E-state index contributed by atoms with van der Waals surface area (Å²) in [5.74, 6) is -0.0721. The highest BCUT2D eigenvalue weighted by Gasteiger charge is 2.17. The Kier molecular flexibility index (Phi) is 7.04. The van der Waals surface area contributed by atoms with E-state index in [1.54, 1.807) is 32.0 Å². The van der Waals surface area contributed by atoms with Crippen LogP contribution in [0.5, 0.6) is 0 Å². The SMILES string of the molecule is CCC(=O)/C(C)=N/OCc1ccccc1N(OC)C(=O)NC. The number of carbonyl (C=O) groups is 2. The summed E-state index contributed by atoms with van der Waals surface area (Å²) >= 11 is 0. The van der Waals surface area contributed by atoms with E-state index in [-0.39, 0.29) is 12.4 Å². The van der Waals surface area contributed by atoms with Gasteiger partial charge < -0.3 is 10.2 Å². The van der Waals surface area contributed by atoms with E-state index in [0.29, 0.717) is 23.4 Å². The smallest absolute Gasteiger partial charge is 0.345 e. The van der Waals surface area contributed by atoms with E-state index in [0.717, 1.165) is 5.06 Å². The number of benzene rings is 1. The van der Waals surface area contributed by atoms with E-state index >= 15 is 0 Å². The molecule has 0 aromatic heterocycles. The van der Waals surface area contributed by atoms with Crippen molar-refractivity contribution in [2.24, 2.45) is 5.16 Å². The lowest BCUT2D eigenvalue weighted by atomic mass is 10.2. The van der Waals surface area contributed by atoms with Crippen molar-refractivity contribution in [1.29, 1.82) is 0 Å². The molecule has 0 aliphatic rings. The molecule has 1 N–H and O–H groups in total. The van der Waals surface area contributed by atoms with Crippen LogP contribution in [0.4, 0.5) is 10.5 Å². The molecule has 0 saturated heterocycles. The van der Waals surface area contributed by atoms with E-state index in [4.69, 9.17) is 9.68 Å². The zero-order valence-electron chi connectivity index (χ0n) is 13.3. The van der Waals surface area contributed by atoms with Crippen molar-refractivity contribution in [1.82, 2.24) is 5.32 Å². The van der Waals surface area contributed by atoms with Crippen LogP contribution in [0, 0.1) is 0 Å². The second-order valence-corrected chi connectivity index (χ2v) is 4.39. The second kappa shape index (κ2) is 8.78.